The highest BCUT2D eigenvalue weighted by Crippen LogP contribution is 2.21. The molecular formula is C10H12ClFOS. The van der Waals surface area contributed by atoms with Crippen molar-refractivity contribution in [3.63, 3.8) is 0 Å². The Morgan fingerprint density at radius 2 is 2.29 bits per heavy atom. The molecule has 0 spiro atoms. The van der Waals surface area contributed by atoms with E-state index in [4.69, 9.17) is 11.6 Å². The van der Waals surface area contributed by atoms with Crippen molar-refractivity contribution in [1.29, 1.82) is 0 Å². The molecule has 1 N–H and O–H groups in total. The highest BCUT2D eigenvalue weighted by Gasteiger charge is 2.11. The van der Waals surface area contributed by atoms with Gasteiger partial charge in [-0.15, -0.1) is 0 Å². The molecule has 0 saturated carbocycles. The Hall–Kier alpha value is -0.250. The van der Waals surface area contributed by atoms with E-state index in [9.17, 15) is 9.50 Å². The first-order chi connectivity index (χ1) is 6.65. The highest BCUT2D eigenvalue weighted by molar-refractivity contribution is 7.98. The maximum atomic E-state index is 13.2. The van der Waals surface area contributed by atoms with Crippen LogP contribution in [0.3, 0.4) is 0 Å². The molecule has 0 heterocycles. The fourth-order valence-corrected chi connectivity index (χ4v) is 1.96. The summed E-state index contributed by atoms with van der Waals surface area (Å²) in [6.07, 6.45) is 1.62. The Labute approximate surface area is 92.3 Å². The van der Waals surface area contributed by atoms with Gasteiger partial charge in [-0.2, -0.15) is 11.8 Å². The van der Waals surface area contributed by atoms with Gasteiger partial charge < -0.3 is 5.11 Å². The molecule has 1 atom stereocenters. The smallest absolute Gasteiger partial charge is 0.127 e. The summed E-state index contributed by atoms with van der Waals surface area (Å²) in [4.78, 5) is 0. The van der Waals surface area contributed by atoms with Crippen molar-refractivity contribution in [2.75, 3.05) is 12.0 Å². The predicted octanol–water partition coefficient (Wildman–Crippen LogP) is 2.75. The van der Waals surface area contributed by atoms with E-state index >= 15 is 0 Å². The monoisotopic (exact) mass is 234 g/mol. The molecule has 0 aliphatic rings. The number of thioether (sulfide) groups is 1. The zero-order valence-electron chi connectivity index (χ0n) is 7.84. The first kappa shape index (κ1) is 11.8. The Balaban J connectivity index is 2.75. The number of halogens is 2. The normalized spacial score (nSPS) is 12.9. The third-order valence-corrected chi connectivity index (χ3v) is 2.93. The second-order valence-electron chi connectivity index (χ2n) is 3.01. The molecule has 0 fully saturated rings. The van der Waals surface area contributed by atoms with Gasteiger partial charge in [-0.1, -0.05) is 17.7 Å². The summed E-state index contributed by atoms with van der Waals surface area (Å²) in [5, 5.41) is 9.89. The van der Waals surface area contributed by atoms with Crippen LogP contribution in [-0.4, -0.2) is 23.2 Å². The van der Waals surface area contributed by atoms with Crippen molar-refractivity contribution in [2.45, 2.75) is 12.5 Å². The third kappa shape index (κ3) is 3.15. The highest BCUT2D eigenvalue weighted by atomic mass is 35.5. The standard InChI is InChI=1S/C10H12ClFOS/c1-14-6-7(13)5-8-9(11)3-2-4-10(8)12/h2-4,7,13H,5-6H2,1H3. The average Bonchev–Trinajstić information content (AvgIpc) is 2.12. The molecule has 4 heteroatoms. The van der Waals surface area contributed by atoms with Gasteiger partial charge in [-0.3, -0.25) is 0 Å². The zero-order chi connectivity index (χ0) is 10.6. The van der Waals surface area contributed by atoms with Crippen molar-refractivity contribution < 1.29 is 9.50 Å². The van der Waals surface area contributed by atoms with Crippen LogP contribution in [0.5, 0.6) is 0 Å². The maximum Gasteiger partial charge on any atom is 0.127 e. The molecule has 0 aromatic heterocycles. The minimum atomic E-state index is -0.542. The van der Waals surface area contributed by atoms with Crippen LogP contribution >= 0.6 is 23.4 Å². The van der Waals surface area contributed by atoms with Gasteiger partial charge in [0.15, 0.2) is 0 Å². The number of aliphatic hydroxyl groups excluding tert-OH is 1. The molecular weight excluding hydrogens is 223 g/mol. The Morgan fingerprint density at radius 1 is 1.57 bits per heavy atom. The summed E-state index contributed by atoms with van der Waals surface area (Å²) < 4.78 is 13.2. The molecule has 0 aliphatic carbocycles. The quantitative estimate of drug-likeness (QED) is 0.865. The van der Waals surface area contributed by atoms with E-state index in [-0.39, 0.29) is 12.2 Å². The number of aliphatic hydroxyl groups is 1. The van der Waals surface area contributed by atoms with Crippen LogP contribution in [0.15, 0.2) is 18.2 Å². The van der Waals surface area contributed by atoms with Gasteiger partial charge in [0, 0.05) is 22.8 Å². The lowest BCUT2D eigenvalue weighted by molar-refractivity contribution is 0.199. The van der Waals surface area contributed by atoms with E-state index in [1.54, 1.807) is 12.1 Å². The Bertz CT molecular complexity index is 286. The minimum absolute atomic E-state index is 0.270. The molecule has 0 saturated heterocycles. The van der Waals surface area contributed by atoms with Gasteiger partial charge in [0.2, 0.25) is 0 Å². The molecule has 1 unspecified atom stereocenters. The van der Waals surface area contributed by atoms with E-state index in [1.165, 1.54) is 17.8 Å². The minimum Gasteiger partial charge on any atom is -0.392 e. The van der Waals surface area contributed by atoms with Crippen LogP contribution in [0, 0.1) is 5.82 Å². The molecule has 78 valence electrons. The van der Waals surface area contributed by atoms with Gasteiger partial charge in [0.05, 0.1) is 6.10 Å². The molecule has 1 rings (SSSR count). The molecule has 14 heavy (non-hydrogen) atoms. The lowest BCUT2D eigenvalue weighted by atomic mass is 10.1. The average molecular weight is 235 g/mol. The maximum absolute atomic E-state index is 13.2. The van der Waals surface area contributed by atoms with Gasteiger partial charge in [0.25, 0.3) is 0 Å². The first-order valence-electron chi connectivity index (χ1n) is 4.25. The predicted molar refractivity (Wildman–Crippen MR) is 59.5 cm³/mol. The molecule has 1 aromatic rings. The van der Waals surface area contributed by atoms with Crippen molar-refractivity contribution >= 4 is 23.4 Å². The largest absolute Gasteiger partial charge is 0.392 e. The molecule has 0 aliphatic heterocycles. The van der Waals surface area contributed by atoms with Crippen LogP contribution in [0.4, 0.5) is 4.39 Å². The van der Waals surface area contributed by atoms with Crippen LogP contribution in [0.1, 0.15) is 5.56 Å². The van der Waals surface area contributed by atoms with E-state index in [2.05, 4.69) is 0 Å². The summed E-state index contributed by atoms with van der Waals surface area (Å²) in [5.74, 6) is 0.239. The van der Waals surface area contributed by atoms with Crippen molar-refractivity contribution in [3.05, 3.63) is 34.6 Å². The van der Waals surface area contributed by atoms with Crippen molar-refractivity contribution in [1.82, 2.24) is 0 Å². The first-order valence-corrected chi connectivity index (χ1v) is 6.02. The summed E-state index contributed by atoms with van der Waals surface area (Å²) in [6, 6.07) is 4.54. The van der Waals surface area contributed by atoms with Gasteiger partial charge in [-0.25, -0.2) is 4.39 Å². The molecule has 1 nitrogen and oxygen atoms in total. The van der Waals surface area contributed by atoms with Crippen LogP contribution in [0.25, 0.3) is 0 Å². The lowest BCUT2D eigenvalue weighted by Crippen LogP contribution is -2.14. The van der Waals surface area contributed by atoms with E-state index in [0.717, 1.165) is 0 Å². The summed E-state index contributed by atoms with van der Waals surface area (Å²) in [6.45, 7) is 0. The lowest BCUT2D eigenvalue weighted by Gasteiger charge is -2.10. The fraction of sp³-hybridized carbons (Fsp3) is 0.400. The van der Waals surface area contributed by atoms with Gasteiger partial charge in [-0.05, 0) is 18.4 Å². The Morgan fingerprint density at radius 3 is 2.86 bits per heavy atom. The number of hydrogen-bond donors (Lipinski definition) is 1. The van der Waals surface area contributed by atoms with E-state index in [1.807, 2.05) is 6.26 Å². The second kappa shape index (κ2) is 5.59. The van der Waals surface area contributed by atoms with Gasteiger partial charge >= 0.3 is 0 Å². The van der Waals surface area contributed by atoms with Crippen molar-refractivity contribution in [3.8, 4) is 0 Å². The second-order valence-corrected chi connectivity index (χ2v) is 4.33. The number of hydrogen-bond acceptors (Lipinski definition) is 2. The van der Waals surface area contributed by atoms with E-state index < -0.39 is 6.10 Å². The van der Waals surface area contributed by atoms with Crippen molar-refractivity contribution in [2.24, 2.45) is 0 Å². The van der Waals surface area contributed by atoms with Crippen LogP contribution in [0.2, 0.25) is 5.02 Å². The number of rotatable bonds is 4. The van der Waals surface area contributed by atoms with Crippen LogP contribution < -0.4 is 0 Å². The van der Waals surface area contributed by atoms with Gasteiger partial charge in [0.1, 0.15) is 5.82 Å². The number of benzene rings is 1. The molecule has 0 amide bonds. The molecule has 1 aromatic carbocycles. The fourth-order valence-electron chi connectivity index (χ4n) is 1.21. The van der Waals surface area contributed by atoms with Crippen LogP contribution in [-0.2, 0) is 6.42 Å². The summed E-state index contributed by atoms with van der Waals surface area (Å²) >= 11 is 7.34. The Kier molecular flexibility index (Phi) is 4.72. The van der Waals surface area contributed by atoms with E-state index in [0.29, 0.717) is 16.3 Å². The summed E-state index contributed by atoms with van der Waals surface area (Å²) in [7, 11) is 0. The molecule has 0 radical (unpaired) electrons. The topological polar surface area (TPSA) is 20.2 Å². The zero-order valence-corrected chi connectivity index (χ0v) is 9.41. The SMILES string of the molecule is CSCC(O)Cc1c(F)cccc1Cl. The summed E-state index contributed by atoms with van der Waals surface area (Å²) in [5.41, 5.74) is 0.399. The molecule has 0 bridgehead atoms. The third-order valence-electron chi connectivity index (χ3n) is 1.86.